The van der Waals surface area contributed by atoms with Crippen LogP contribution in [0.1, 0.15) is 0 Å². The van der Waals surface area contributed by atoms with Gasteiger partial charge in [0.05, 0.1) is 0 Å². The van der Waals surface area contributed by atoms with E-state index in [9.17, 15) is 0 Å². The Labute approximate surface area is 227 Å². The molecule has 10 radical (unpaired) electrons. The molecule has 0 amide bonds. The summed E-state index contributed by atoms with van der Waals surface area (Å²) in [5.74, 6) is 0. The van der Waals surface area contributed by atoms with Crippen LogP contribution in [0.2, 0.25) is 0 Å². The molecule has 0 atom stereocenters. The molecule has 0 aromatic rings. The van der Waals surface area contributed by atoms with Gasteiger partial charge in [0.2, 0.25) is 0 Å². The van der Waals surface area contributed by atoms with Crippen molar-refractivity contribution in [2.75, 3.05) is 0 Å². The van der Waals surface area contributed by atoms with Gasteiger partial charge in [-0.25, -0.2) is 0 Å². The summed E-state index contributed by atoms with van der Waals surface area (Å²) in [6, 6.07) is 0. The molecule has 0 unspecified atom stereocenters. The van der Waals surface area contributed by atoms with Crippen molar-refractivity contribution in [2.45, 2.75) is 0 Å². The second-order valence-corrected chi connectivity index (χ2v) is 0. The smallest absolute Gasteiger partial charge is 0 e. The first-order chi connectivity index (χ1) is 0. The first-order valence-electron chi connectivity index (χ1n) is 0. The first kappa shape index (κ1) is 82.8. The van der Waals surface area contributed by atoms with Crippen molar-refractivity contribution in [3.8, 4) is 0 Å². The fraction of sp³-hybridized carbons (Fsp3) is 0. The molecule has 102 valence electrons. The molecular formula is Au9Y. The van der Waals surface area contributed by atoms with Crippen molar-refractivity contribution in [3.05, 3.63) is 0 Å². The largest absolute Gasteiger partial charge is 0 e. The van der Waals surface area contributed by atoms with Crippen LogP contribution in [0.5, 0.6) is 0 Å². The maximum Gasteiger partial charge on any atom is 0 e. The third-order valence-electron chi connectivity index (χ3n) is 0. The Kier molecular flexibility index (Phi) is 572. The van der Waals surface area contributed by atoms with E-state index in [0.717, 1.165) is 0 Å². The van der Waals surface area contributed by atoms with Crippen LogP contribution in [-0.2, 0) is 234 Å². The molecule has 0 saturated heterocycles. The zero-order valence-corrected chi connectivity index (χ0v) is 25.6. The molecule has 0 nitrogen and oxygen atoms in total. The first-order valence-corrected chi connectivity index (χ1v) is 0. The average molecular weight is 1860 g/mol. The minimum Gasteiger partial charge on any atom is 0 e. The Morgan fingerprint density at radius 3 is 0.200 bits per heavy atom. The van der Waals surface area contributed by atoms with Gasteiger partial charge >= 0.3 is 0 Å². The van der Waals surface area contributed by atoms with E-state index in [-0.39, 0.29) is 234 Å². The van der Waals surface area contributed by atoms with Gasteiger partial charge in [0.25, 0.3) is 0 Å². The van der Waals surface area contributed by atoms with Crippen LogP contribution in [0.15, 0.2) is 0 Å². The van der Waals surface area contributed by atoms with Crippen LogP contribution in [0, 0.1) is 0 Å². The molecule has 10 heteroatoms. The van der Waals surface area contributed by atoms with Crippen molar-refractivity contribution in [3.63, 3.8) is 0 Å². The topological polar surface area (TPSA) is 0 Å². The quantitative estimate of drug-likeness (QED) is 0.300. The molecular weight excluding hydrogens is 1860 g/mol. The average Bonchev–Trinajstić information content (AvgIpc) is 0. The van der Waals surface area contributed by atoms with Crippen LogP contribution >= 0.6 is 0 Å². The van der Waals surface area contributed by atoms with Gasteiger partial charge in [-0.2, -0.15) is 0 Å². The maximum absolute atomic E-state index is 0. The normalized spacial score (nSPS) is 0. The van der Waals surface area contributed by atoms with Crippen molar-refractivity contribution < 1.29 is 234 Å². The van der Waals surface area contributed by atoms with Gasteiger partial charge in [0.1, 0.15) is 0 Å². The second-order valence-electron chi connectivity index (χ2n) is 0. The van der Waals surface area contributed by atoms with Gasteiger partial charge in [0.15, 0.2) is 0 Å². The molecule has 0 bridgehead atoms. The van der Waals surface area contributed by atoms with Gasteiger partial charge < -0.3 is 0 Å². The van der Waals surface area contributed by atoms with E-state index in [1.807, 2.05) is 0 Å². The van der Waals surface area contributed by atoms with E-state index < -0.39 is 0 Å². The van der Waals surface area contributed by atoms with Gasteiger partial charge in [-0.05, 0) is 0 Å². The Morgan fingerprint density at radius 2 is 0.200 bits per heavy atom. The molecule has 0 saturated carbocycles. The molecule has 0 fully saturated rings. The zero-order chi connectivity index (χ0) is 0. The Balaban J connectivity index is 0. The predicted molar refractivity (Wildman–Crippen MR) is 0 cm³/mol. The fourth-order valence-electron chi connectivity index (χ4n) is 0. The summed E-state index contributed by atoms with van der Waals surface area (Å²) in [5, 5.41) is 0. The molecule has 0 N–H and O–H groups in total. The predicted octanol–water partition coefficient (Wildman–Crippen LogP) is -0.0250. The maximum atomic E-state index is 0. The molecule has 10 heavy (non-hydrogen) atoms. The van der Waals surface area contributed by atoms with E-state index in [4.69, 9.17) is 0 Å². The SMILES string of the molecule is [Au].[Au].[Au].[Au].[Au].[Au].[Au].[Au].[Au].[Y]. The number of hydrogen-bond donors (Lipinski definition) is 0. The van der Waals surface area contributed by atoms with Crippen LogP contribution in [0.3, 0.4) is 0 Å². The van der Waals surface area contributed by atoms with Crippen LogP contribution < -0.4 is 0 Å². The monoisotopic (exact) mass is 1860 g/mol. The summed E-state index contributed by atoms with van der Waals surface area (Å²) in [6.07, 6.45) is 0. The van der Waals surface area contributed by atoms with E-state index in [1.54, 1.807) is 0 Å². The van der Waals surface area contributed by atoms with Crippen molar-refractivity contribution >= 4 is 0 Å². The van der Waals surface area contributed by atoms with Crippen molar-refractivity contribution in [1.29, 1.82) is 0 Å². The molecule has 0 aliphatic carbocycles. The fourth-order valence-corrected chi connectivity index (χ4v) is 0. The number of rotatable bonds is 0. The van der Waals surface area contributed by atoms with E-state index in [0.29, 0.717) is 0 Å². The molecule has 0 aromatic heterocycles. The molecule has 0 rings (SSSR count). The Hall–Kier alpha value is 7.77. The molecule has 0 aromatic carbocycles. The van der Waals surface area contributed by atoms with Crippen molar-refractivity contribution in [1.82, 2.24) is 0 Å². The Morgan fingerprint density at radius 1 is 0.200 bits per heavy atom. The Bertz CT molecular complexity index is 4.69. The van der Waals surface area contributed by atoms with Crippen molar-refractivity contribution in [2.24, 2.45) is 0 Å². The minimum atomic E-state index is 0. The van der Waals surface area contributed by atoms with Crippen LogP contribution in [0.25, 0.3) is 0 Å². The van der Waals surface area contributed by atoms with Gasteiger partial charge in [-0.3, -0.25) is 0 Å². The van der Waals surface area contributed by atoms with Gasteiger partial charge in [0, 0.05) is 234 Å². The summed E-state index contributed by atoms with van der Waals surface area (Å²) in [6.45, 7) is 0. The van der Waals surface area contributed by atoms with E-state index in [1.165, 1.54) is 0 Å². The van der Waals surface area contributed by atoms with Gasteiger partial charge in [-0.15, -0.1) is 0 Å². The molecule has 0 spiro atoms. The molecule has 0 aliphatic heterocycles. The summed E-state index contributed by atoms with van der Waals surface area (Å²) < 4.78 is 0. The minimum absolute atomic E-state index is 0. The van der Waals surface area contributed by atoms with Crippen LogP contribution in [0.4, 0.5) is 0 Å². The molecule has 0 heterocycles. The summed E-state index contributed by atoms with van der Waals surface area (Å²) >= 11 is 0. The van der Waals surface area contributed by atoms with E-state index in [2.05, 4.69) is 0 Å². The third kappa shape index (κ3) is 57.0. The standard InChI is InChI=1S/9Au.Y. The zero-order valence-electron chi connectivity index (χ0n) is 3.29. The molecule has 0 aliphatic rings. The van der Waals surface area contributed by atoms with Crippen LogP contribution in [-0.4, -0.2) is 0 Å². The summed E-state index contributed by atoms with van der Waals surface area (Å²) in [7, 11) is 0. The summed E-state index contributed by atoms with van der Waals surface area (Å²) in [5.41, 5.74) is 0. The van der Waals surface area contributed by atoms with Gasteiger partial charge in [-0.1, -0.05) is 0 Å². The number of hydrogen-bond acceptors (Lipinski definition) is 0. The third-order valence-corrected chi connectivity index (χ3v) is 0. The van der Waals surface area contributed by atoms with E-state index >= 15 is 0 Å². The second kappa shape index (κ2) is 69.1. The summed E-state index contributed by atoms with van der Waals surface area (Å²) in [4.78, 5) is 0.